The summed E-state index contributed by atoms with van der Waals surface area (Å²) in [4.78, 5) is 11.2. The molecule has 1 aliphatic rings. The van der Waals surface area contributed by atoms with E-state index in [4.69, 9.17) is 0 Å². The predicted molar refractivity (Wildman–Crippen MR) is 55.6 cm³/mol. The zero-order valence-electron chi connectivity index (χ0n) is 8.61. The second-order valence-electron chi connectivity index (χ2n) is 3.32. The molecule has 0 saturated carbocycles. The van der Waals surface area contributed by atoms with Crippen LogP contribution in [0.1, 0.15) is 25.7 Å². The summed E-state index contributed by atoms with van der Waals surface area (Å²) in [5, 5.41) is 0. The van der Waals surface area contributed by atoms with Gasteiger partial charge in [0, 0.05) is 11.3 Å². The van der Waals surface area contributed by atoms with Gasteiger partial charge in [-0.05, 0) is 30.3 Å². The number of esters is 1. The zero-order valence-corrected chi connectivity index (χ0v) is 9.43. The molecule has 16 heavy (non-hydrogen) atoms. The smallest absolute Gasteiger partial charge is 0.308 e. The number of hydrogen-bond donors (Lipinski definition) is 0. The fourth-order valence-electron chi connectivity index (χ4n) is 1.40. The summed E-state index contributed by atoms with van der Waals surface area (Å²) in [6.45, 7) is -1.10. The summed E-state index contributed by atoms with van der Waals surface area (Å²) in [5.41, 5.74) is 0.977. The second-order valence-corrected chi connectivity index (χ2v) is 4.31. The molecule has 0 N–H and O–H groups in total. The van der Waals surface area contributed by atoms with Gasteiger partial charge in [0.1, 0.15) is 0 Å². The van der Waals surface area contributed by atoms with E-state index >= 15 is 0 Å². The van der Waals surface area contributed by atoms with Crippen LogP contribution in [0.3, 0.4) is 0 Å². The van der Waals surface area contributed by atoms with E-state index in [-0.39, 0.29) is 6.42 Å². The molecule has 0 aliphatic heterocycles. The SMILES string of the molecule is O=C(CCC1=CC=C(S(=O)[O-])CC1)OCF. The Morgan fingerprint density at radius 1 is 1.50 bits per heavy atom. The highest BCUT2D eigenvalue weighted by atomic mass is 32.2. The Hall–Kier alpha value is -1.01. The monoisotopic (exact) mass is 247 g/mol. The van der Waals surface area contributed by atoms with Crippen LogP contribution in [-0.2, 0) is 20.6 Å². The van der Waals surface area contributed by atoms with Gasteiger partial charge in [0.2, 0.25) is 6.86 Å². The molecule has 0 aromatic carbocycles. The summed E-state index contributed by atoms with van der Waals surface area (Å²) in [7, 11) is 0. The molecule has 0 aromatic heterocycles. The van der Waals surface area contributed by atoms with Crippen molar-refractivity contribution in [2.24, 2.45) is 0 Å². The Kier molecular flexibility index (Phi) is 5.34. The van der Waals surface area contributed by atoms with Gasteiger partial charge in [-0.3, -0.25) is 9.00 Å². The van der Waals surface area contributed by atoms with Gasteiger partial charge in [-0.1, -0.05) is 17.7 Å². The molecule has 0 saturated heterocycles. The van der Waals surface area contributed by atoms with Gasteiger partial charge in [0.25, 0.3) is 0 Å². The Bertz CT molecular complexity index is 349. The fourth-order valence-corrected chi connectivity index (χ4v) is 1.85. The molecule has 0 radical (unpaired) electrons. The average molecular weight is 247 g/mol. The van der Waals surface area contributed by atoms with Crippen LogP contribution >= 0.6 is 0 Å². The summed E-state index contributed by atoms with van der Waals surface area (Å²) in [6.07, 6.45) is 4.90. The number of halogens is 1. The van der Waals surface area contributed by atoms with Crippen LogP contribution < -0.4 is 0 Å². The molecule has 1 rings (SSSR count). The lowest BCUT2D eigenvalue weighted by molar-refractivity contribution is -0.147. The summed E-state index contributed by atoms with van der Waals surface area (Å²) in [5.74, 6) is -0.578. The van der Waals surface area contributed by atoms with Crippen LogP contribution in [0.2, 0.25) is 0 Å². The first-order chi connectivity index (χ1) is 7.63. The topological polar surface area (TPSA) is 66.4 Å². The molecule has 4 nitrogen and oxygen atoms in total. The van der Waals surface area contributed by atoms with Crippen molar-refractivity contribution in [3.05, 3.63) is 22.6 Å². The van der Waals surface area contributed by atoms with E-state index in [0.29, 0.717) is 24.2 Å². The Labute approximate surface area is 95.5 Å². The van der Waals surface area contributed by atoms with Crippen molar-refractivity contribution >= 4 is 17.0 Å². The number of allylic oxidation sites excluding steroid dienone is 4. The van der Waals surface area contributed by atoms with Crippen molar-refractivity contribution in [1.82, 2.24) is 0 Å². The number of rotatable bonds is 5. The minimum Gasteiger partial charge on any atom is -0.769 e. The molecule has 0 heterocycles. The van der Waals surface area contributed by atoms with Crippen LogP contribution in [0.25, 0.3) is 0 Å². The van der Waals surface area contributed by atoms with Gasteiger partial charge in [-0.25, -0.2) is 4.39 Å². The standard InChI is InChI=1S/C10H13FO4S/c11-7-15-10(12)6-3-8-1-4-9(5-2-8)16(13)14/h1,4H,2-3,5-7H2,(H,13,14)/p-1. The molecule has 90 valence electrons. The maximum atomic E-state index is 11.6. The largest absolute Gasteiger partial charge is 0.769 e. The highest BCUT2D eigenvalue weighted by Gasteiger charge is 2.09. The molecule has 0 bridgehead atoms. The molecule has 0 amide bonds. The first-order valence-corrected chi connectivity index (χ1v) is 5.90. The van der Waals surface area contributed by atoms with Crippen molar-refractivity contribution in [2.75, 3.05) is 6.86 Å². The van der Waals surface area contributed by atoms with Crippen LogP contribution in [0, 0.1) is 0 Å². The first kappa shape index (κ1) is 13.1. The van der Waals surface area contributed by atoms with E-state index in [1.54, 1.807) is 6.08 Å². The third-order valence-corrected chi connectivity index (χ3v) is 3.05. The van der Waals surface area contributed by atoms with E-state index in [0.717, 1.165) is 5.57 Å². The van der Waals surface area contributed by atoms with Gasteiger partial charge in [0.15, 0.2) is 0 Å². The summed E-state index contributed by atoms with van der Waals surface area (Å²) >= 11 is -2.16. The molecule has 1 unspecified atom stereocenters. The van der Waals surface area contributed by atoms with E-state index in [1.807, 2.05) is 0 Å². The van der Waals surface area contributed by atoms with Gasteiger partial charge in [-0.15, -0.1) is 0 Å². The van der Waals surface area contributed by atoms with Gasteiger partial charge in [-0.2, -0.15) is 0 Å². The van der Waals surface area contributed by atoms with Gasteiger partial charge < -0.3 is 9.29 Å². The second kappa shape index (κ2) is 6.55. The predicted octanol–water partition coefficient (Wildman–Crippen LogP) is 1.72. The van der Waals surface area contributed by atoms with Gasteiger partial charge in [0.05, 0.1) is 0 Å². The maximum Gasteiger partial charge on any atom is 0.308 e. The van der Waals surface area contributed by atoms with E-state index in [9.17, 15) is 17.9 Å². The number of hydrogen-bond acceptors (Lipinski definition) is 4. The molecule has 0 spiro atoms. The highest BCUT2D eigenvalue weighted by Crippen LogP contribution is 2.23. The Balaban J connectivity index is 2.40. The molecular formula is C10H12FO4S-. The maximum absolute atomic E-state index is 11.6. The average Bonchev–Trinajstić information content (AvgIpc) is 2.27. The lowest BCUT2D eigenvalue weighted by Gasteiger charge is -2.15. The normalized spacial score (nSPS) is 17.4. The third kappa shape index (κ3) is 4.24. The third-order valence-electron chi connectivity index (χ3n) is 2.28. The molecule has 1 atom stereocenters. The fraction of sp³-hybridized carbons (Fsp3) is 0.500. The van der Waals surface area contributed by atoms with E-state index in [1.165, 1.54) is 6.08 Å². The molecule has 0 aromatic rings. The van der Waals surface area contributed by atoms with Crippen molar-refractivity contribution in [3.8, 4) is 0 Å². The lowest BCUT2D eigenvalue weighted by atomic mass is 10.0. The Morgan fingerprint density at radius 2 is 2.25 bits per heavy atom. The number of alkyl halides is 1. The van der Waals surface area contributed by atoms with Crippen LogP contribution in [0.4, 0.5) is 4.39 Å². The van der Waals surface area contributed by atoms with Crippen molar-refractivity contribution in [2.45, 2.75) is 25.7 Å². The van der Waals surface area contributed by atoms with E-state index in [2.05, 4.69) is 4.74 Å². The minimum atomic E-state index is -2.16. The van der Waals surface area contributed by atoms with Crippen molar-refractivity contribution in [1.29, 1.82) is 0 Å². The first-order valence-electron chi connectivity index (χ1n) is 4.83. The van der Waals surface area contributed by atoms with E-state index < -0.39 is 23.9 Å². The summed E-state index contributed by atoms with van der Waals surface area (Å²) < 4.78 is 37.0. The van der Waals surface area contributed by atoms with Crippen molar-refractivity contribution < 1.29 is 22.7 Å². The minimum absolute atomic E-state index is 0.124. The Morgan fingerprint density at radius 3 is 2.75 bits per heavy atom. The van der Waals surface area contributed by atoms with Crippen LogP contribution in [0.5, 0.6) is 0 Å². The summed E-state index contributed by atoms with van der Waals surface area (Å²) in [6, 6.07) is 0. The van der Waals surface area contributed by atoms with Crippen LogP contribution in [-0.4, -0.2) is 21.6 Å². The van der Waals surface area contributed by atoms with Crippen LogP contribution in [0.15, 0.2) is 22.6 Å². The molecule has 1 aliphatic carbocycles. The molecule has 0 fully saturated rings. The zero-order chi connectivity index (χ0) is 12.0. The molecule has 6 heteroatoms. The highest BCUT2D eigenvalue weighted by molar-refractivity contribution is 7.83. The molecular weight excluding hydrogens is 235 g/mol. The van der Waals surface area contributed by atoms with Crippen molar-refractivity contribution in [3.63, 3.8) is 0 Å². The number of ether oxygens (including phenoxy) is 1. The quantitative estimate of drug-likeness (QED) is 0.548. The van der Waals surface area contributed by atoms with Gasteiger partial charge >= 0.3 is 5.97 Å². The number of carbonyl (C=O) groups is 1. The lowest BCUT2D eigenvalue weighted by Crippen LogP contribution is -2.05. The number of carbonyl (C=O) groups excluding carboxylic acids is 1.